The molecule has 0 aromatic carbocycles. The molecule has 112 valence electrons. The Morgan fingerprint density at radius 2 is 2.15 bits per heavy atom. The van der Waals surface area contributed by atoms with E-state index < -0.39 is 18.4 Å². The molecular formula is C14H22N2O4. The van der Waals surface area contributed by atoms with Gasteiger partial charge in [0.1, 0.15) is 12.3 Å². The van der Waals surface area contributed by atoms with Gasteiger partial charge in [-0.25, -0.2) is 0 Å². The molecule has 1 unspecified atom stereocenters. The summed E-state index contributed by atoms with van der Waals surface area (Å²) in [5, 5.41) is 12.5. The molecule has 6 nitrogen and oxygen atoms in total. The lowest BCUT2D eigenvalue weighted by atomic mass is 10.2. The predicted molar refractivity (Wildman–Crippen MR) is 71.2 cm³/mol. The lowest BCUT2D eigenvalue weighted by Crippen LogP contribution is -3.07. The Morgan fingerprint density at radius 1 is 1.45 bits per heavy atom. The van der Waals surface area contributed by atoms with Gasteiger partial charge in [-0.3, -0.25) is 4.79 Å². The summed E-state index contributed by atoms with van der Waals surface area (Å²) in [5.41, 5.74) is 0.970. The summed E-state index contributed by atoms with van der Waals surface area (Å²) >= 11 is 0. The molecule has 0 aliphatic heterocycles. The van der Waals surface area contributed by atoms with Gasteiger partial charge in [0.2, 0.25) is 0 Å². The summed E-state index contributed by atoms with van der Waals surface area (Å²) in [6, 6.07) is 1.68. The van der Waals surface area contributed by atoms with Crippen LogP contribution in [0.3, 0.4) is 0 Å². The predicted octanol–water partition coefficient (Wildman–Crippen LogP) is -1.12. The summed E-state index contributed by atoms with van der Waals surface area (Å²) < 4.78 is 5.38. The molecule has 1 amide bonds. The van der Waals surface area contributed by atoms with Gasteiger partial charge in [-0.2, -0.15) is 0 Å². The standard InChI is InChI=1S/C14H22N2O4/c1-4-5-6-16(3)9-11-7-12(20-10(11)2)14(19)15-8-13(17)18/h7H,4-6,8-9H2,1-3H3,(H,15,19)(H,17,18). The van der Waals surface area contributed by atoms with Gasteiger partial charge in [-0.05, 0) is 19.4 Å². The molecule has 0 bridgehead atoms. The van der Waals surface area contributed by atoms with Crippen LogP contribution >= 0.6 is 0 Å². The van der Waals surface area contributed by atoms with Crippen LogP contribution in [0.4, 0.5) is 0 Å². The Morgan fingerprint density at radius 3 is 2.75 bits per heavy atom. The third kappa shape index (κ3) is 5.05. The third-order valence-corrected chi connectivity index (χ3v) is 3.09. The normalized spacial score (nSPS) is 12.2. The van der Waals surface area contributed by atoms with Crippen molar-refractivity contribution >= 4 is 11.9 Å². The number of carbonyl (C=O) groups is 2. The fourth-order valence-corrected chi connectivity index (χ4v) is 1.94. The molecule has 2 N–H and O–H groups in total. The number of aliphatic carboxylic acids is 1. The molecule has 0 aliphatic carbocycles. The number of unbranched alkanes of at least 4 members (excludes halogenated alkanes) is 1. The zero-order chi connectivity index (χ0) is 15.1. The number of furan rings is 1. The van der Waals surface area contributed by atoms with Crippen LogP contribution in [0.2, 0.25) is 0 Å². The van der Waals surface area contributed by atoms with E-state index in [1.807, 2.05) is 0 Å². The van der Waals surface area contributed by atoms with E-state index in [0.29, 0.717) is 5.76 Å². The first kappa shape index (κ1) is 16.2. The molecule has 20 heavy (non-hydrogen) atoms. The Bertz CT molecular complexity index is 468. The minimum Gasteiger partial charge on any atom is -0.548 e. The van der Waals surface area contributed by atoms with Gasteiger partial charge in [0.05, 0.1) is 26.1 Å². The van der Waals surface area contributed by atoms with Crippen molar-refractivity contribution in [2.75, 3.05) is 20.1 Å². The summed E-state index contributed by atoms with van der Waals surface area (Å²) in [6.45, 7) is 5.28. The molecule has 0 spiro atoms. The highest BCUT2D eigenvalue weighted by Crippen LogP contribution is 2.13. The molecule has 6 heteroatoms. The molecular weight excluding hydrogens is 260 g/mol. The summed E-state index contributed by atoms with van der Waals surface area (Å²) in [5.74, 6) is -1.03. The van der Waals surface area contributed by atoms with Crippen LogP contribution in [0.15, 0.2) is 10.5 Å². The number of amides is 1. The van der Waals surface area contributed by atoms with E-state index in [9.17, 15) is 14.7 Å². The highest BCUT2D eigenvalue weighted by atomic mass is 16.4. The molecule has 1 aromatic heterocycles. The quantitative estimate of drug-likeness (QED) is 0.632. The van der Waals surface area contributed by atoms with Crippen molar-refractivity contribution in [3.05, 3.63) is 23.2 Å². The largest absolute Gasteiger partial charge is 0.548 e. The van der Waals surface area contributed by atoms with Gasteiger partial charge in [0, 0.05) is 5.56 Å². The average molecular weight is 282 g/mol. The van der Waals surface area contributed by atoms with Crippen LogP contribution in [0, 0.1) is 6.92 Å². The van der Waals surface area contributed by atoms with Crippen molar-refractivity contribution in [2.45, 2.75) is 33.2 Å². The number of quaternary nitrogens is 1. The molecule has 1 atom stereocenters. The number of aryl methyl sites for hydroxylation is 1. The van der Waals surface area contributed by atoms with Crippen molar-refractivity contribution in [3.8, 4) is 0 Å². The maximum Gasteiger partial charge on any atom is 0.287 e. The van der Waals surface area contributed by atoms with E-state index in [1.165, 1.54) is 4.90 Å². The van der Waals surface area contributed by atoms with Gasteiger partial charge < -0.3 is 24.5 Å². The Hall–Kier alpha value is -1.82. The van der Waals surface area contributed by atoms with E-state index in [4.69, 9.17) is 4.42 Å². The molecule has 1 heterocycles. The van der Waals surface area contributed by atoms with E-state index in [0.717, 1.165) is 31.5 Å². The zero-order valence-corrected chi connectivity index (χ0v) is 12.2. The van der Waals surface area contributed by atoms with Crippen molar-refractivity contribution < 1.29 is 24.0 Å². The third-order valence-electron chi connectivity index (χ3n) is 3.09. The van der Waals surface area contributed by atoms with Crippen LogP contribution in [0.25, 0.3) is 0 Å². The van der Waals surface area contributed by atoms with Crippen LogP contribution in [-0.4, -0.2) is 32.0 Å². The topological polar surface area (TPSA) is 86.8 Å². The number of hydrogen-bond acceptors (Lipinski definition) is 4. The van der Waals surface area contributed by atoms with Gasteiger partial charge in [-0.1, -0.05) is 13.3 Å². The number of rotatable bonds is 8. The molecule has 0 aliphatic rings. The second-order valence-corrected chi connectivity index (χ2v) is 4.98. The van der Waals surface area contributed by atoms with E-state index >= 15 is 0 Å². The van der Waals surface area contributed by atoms with Gasteiger partial charge >= 0.3 is 0 Å². The van der Waals surface area contributed by atoms with Crippen LogP contribution in [0.5, 0.6) is 0 Å². The van der Waals surface area contributed by atoms with Crippen molar-refractivity contribution in [1.82, 2.24) is 5.32 Å². The number of carboxylic acids is 1. The average Bonchev–Trinajstić information content (AvgIpc) is 2.75. The Balaban J connectivity index is 2.62. The lowest BCUT2D eigenvalue weighted by Gasteiger charge is -2.12. The molecule has 0 fully saturated rings. The van der Waals surface area contributed by atoms with Gasteiger partial charge in [0.15, 0.2) is 5.76 Å². The summed E-state index contributed by atoms with van der Waals surface area (Å²) in [4.78, 5) is 23.3. The summed E-state index contributed by atoms with van der Waals surface area (Å²) in [7, 11) is 2.10. The molecule has 0 saturated heterocycles. The monoisotopic (exact) mass is 282 g/mol. The molecule has 0 saturated carbocycles. The lowest BCUT2D eigenvalue weighted by molar-refractivity contribution is -0.894. The first-order valence-electron chi connectivity index (χ1n) is 6.82. The first-order chi connectivity index (χ1) is 9.43. The SMILES string of the molecule is CCCC[NH+](C)Cc1cc(C(=O)NCC(=O)[O-])oc1C. The fourth-order valence-electron chi connectivity index (χ4n) is 1.94. The minimum absolute atomic E-state index is 0.141. The van der Waals surface area contributed by atoms with E-state index in [2.05, 4.69) is 19.3 Å². The van der Waals surface area contributed by atoms with Gasteiger partial charge in [-0.15, -0.1) is 0 Å². The number of nitrogens with one attached hydrogen (secondary N) is 2. The van der Waals surface area contributed by atoms with E-state index in [-0.39, 0.29) is 5.76 Å². The van der Waals surface area contributed by atoms with Crippen LogP contribution < -0.4 is 15.3 Å². The number of carboxylic acid groups (broad SMARTS) is 1. The minimum atomic E-state index is -1.33. The fraction of sp³-hybridized carbons (Fsp3) is 0.571. The van der Waals surface area contributed by atoms with Crippen molar-refractivity contribution in [2.24, 2.45) is 0 Å². The van der Waals surface area contributed by atoms with E-state index in [1.54, 1.807) is 13.0 Å². The molecule has 0 radical (unpaired) electrons. The number of hydrogen-bond donors (Lipinski definition) is 2. The second kappa shape index (κ2) is 7.69. The van der Waals surface area contributed by atoms with Crippen LogP contribution in [-0.2, 0) is 11.3 Å². The smallest absolute Gasteiger partial charge is 0.287 e. The highest BCUT2D eigenvalue weighted by Gasteiger charge is 2.16. The highest BCUT2D eigenvalue weighted by molar-refractivity contribution is 5.93. The van der Waals surface area contributed by atoms with Gasteiger partial charge in [0.25, 0.3) is 5.91 Å². The maximum atomic E-state index is 11.7. The second-order valence-electron chi connectivity index (χ2n) is 4.98. The van der Waals surface area contributed by atoms with Crippen LogP contribution in [0.1, 0.15) is 41.6 Å². The summed E-state index contributed by atoms with van der Waals surface area (Å²) in [6.07, 6.45) is 2.31. The Labute approximate surface area is 118 Å². The number of carbonyl (C=O) groups excluding carboxylic acids is 2. The first-order valence-corrected chi connectivity index (χ1v) is 6.82. The zero-order valence-electron chi connectivity index (χ0n) is 12.2. The molecule has 1 rings (SSSR count). The Kier molecular flexibility index (Phi) is 6.24. The maximum absolute atomic E-state index is 11.7. The molecule has 1 aromatic rings. The van der Waals surface area contributed by atoms with Crippen molar-refractivity contribution in [3.63, 3.8) is 0 Å². The van der Waals surface area contributed by atoms with Crippen molar-refractivity contribution in [1.29, 1.82) is 0 Å².